The highest BCUT2D eigenvalue weighted by atomic mass is 35.5. The summed E-state index contributed by atoms with van der Waals surface area (Å²) in [5, 5.41) is 9.32. The fraction of sp³-hybridized carbons (Fsp3) is 0.600. The van der Waals surface area contributed by atoms with E-state index in [1.807, 2.05) is 13.8 Å². The number of nitrogens with one attached hydrogen (secondary N) is 1. The van der Waals surface area contributed by atoms with Crippen molar-refractivity contribution in [1.82, 2.24) is 4.72 Å². The molecular formula is C10H16ClNO3S2. The summed E-state index contributed by atoms with van der Waals surface area (Å²) in [6, 6.07) is 2.99. The van der Waals surface area contributed by atoms with Crippen LogP contribution in [0.25, 0.3) is 0 Å². The normalized spacial score (nSPS) is 16.1. The highest BCUT2D eigenvalue weighted by Gasteiger charge is 2.33. The van der Waals surface area contributed by atoms with Gasteiger partial charge in [-0.25, -0.2) is 13.1 Å². The van der Waals surface area contributed by atoms with Gasteiger partial charge in [0.25, 0.3) is 10.0 Å². The molecule has 0 aliphatic rings. The zero-order valence-electron chi connectivity index (χ0n) is 9.90. The molecule has 17 heavy (non-hydrogen) atoms. The van der Waals surface area contributed by atoms with Crippen molar-refractivity contribution in [2.45, 2.75) is 30.5 Å². The molecule has 2 N–H and O–H groups in total. The van der Waals surface area contributed by atoms with Crippen molar-refractivity contribution in [1.29, 1.82) is 0 Å². The summed E-state index contributed by atoms with van der Waals surface area (Å²) in [5.74, 6) is -0.0299. The first-order chi connectivity index (χ1) is 7.71. The Morgan fingerprint density at radius 1 is 1.53 bits per heavy atom. The molecule has 0 radical (unpaired) electrons. The highest BCUT2D eigenvalue weighted by Crippen LogP contribution is 2.27. The second kappa shape index (κ2) is 5.24. The van der Waals surface area contributed by atoms with Gasteiger partial charge in [-0.05, 0) is 25.0 Å². The van der Waals surface area contributed by atoms with Crippen LogP contribution in [0.2, 0.25) is 4.34 Å². The SMILES string of the molecule is CC(C)C(C)(CO)NS(=O)(=O)c1ccc(Cl)s1. The number of sulfonamides is 1. The molecular weight excluding hydrogens is 282 g/mol. The van der Waals surface area contributed by atoms with E-state index in [1.165, 1.54) is 12.1 Å². The van der Waals surface area contributed by atoms with Crippen LogP contribution < -0.4 is 4.72 Å². The third-order valence-corrected chi connectivity index (χ3v) is 6.12. The van der Waals surface area contributed by atoms with Crippen molar-refractivity contribution in [2.75, 3.05) is 6.61 Å². The lowest BCUT2D eigenvalue weighted by Gasteiger charge is -2.32. The molecule has 98 valence electrons. The summed E-state index contributed by atoms with van der Waals surface area (Å²) >= 11 is 6.70. The van der Waals surface area contributed by atoms with E-state index in [0.29, 0.717) is 4.34 Å². The highest BCUT2D eigenvalue weighted by molar-refractivity contribution is 7.91. The van der Waals surface area contributed by atoms with Gasteiger partial charge >= 0.3 is 0 Å². The quantitative estimate of drug-likeness (QED) is 0.874. The average Bonchev–Trinajstić information content (AvgIpc) is 2.64. The number of aliphatic hydroxyl groups excluding tert-OH is 1. The zero-order chi connectivity index (χ0) is 13.3. The number of rotatable bonds is 5. The standard InChI is InChI=1S/C10H16ClNO3S2/c1-7(2)10(3,6-13)12-17(14,15)9-5-4-8(11)16-9/h4-5,7,12-13H,6H2,1-3H3. The van der Waals surface area contributed by atoms with Gasteiger partial charge in [0.15, 0.2) is 0 Å². The monoisotopic (exact) mass is 297 g/mol. The van der Waals surface area contributed by atoms with Crippen LogP contribution in [-0.2, 0) is 10.0 Å². The van der Waals surface area contributed by atoms with E-state index in [2.05, 4.69) is 4.72 Å². The molecule has 0 saturated carbocycles. The summed E-state index contributed by atoms with van der Waals surface area (Å²) in [4.78, 5) is 0. The topological polar surface area (TPSA) is 66.4 Å². The molecule has 0 amide bonds. The molecule has 0 spiro atoms. The molecule has 1 atom stereocenters. The van der Waals surface area contributed by atoms with E-state index < -0.39 is 15.6 Å². The Morgan fingerprint density at radius 3 is 2.47 bits per heavy atom. The number of halogens is 1. The Hall–Kier alpha value is -0.140. The molecule has 7 heteroatoms. The van der Waals surface area contributed by atoms with E-state index in [0.717, 1.165) is 11.3 Å². The first-order valence-electron chi connectivity index (χ1n) is 5.11. The van der Waals surface area contributed by atoms with Gasteiger partial charge in [0.1, 0.15) is 4.21 Å². The van der Waals surface area contributed by atoms with Crippen LogP contribution in [0.15, 0.2) is 16.3 Å². The van der Waals surface area contributed by atoms with Gasteiger partial charge in [-0.3, -0.25) is 0 Å². The van der Waals surface area contributed by atoms with Crippen molar-refractivity contribution < 1.29 is 13.5 Å². The Kier molecular flexibility index (Phi) is 4.60. The van der Waals surface area contributed by atoms with Crippen LogP contribution in [0.5, 0.6) is 0 Å². The molecule has 0 aromatic carbocycles. The first-order valence-corrected chi connectivity index (χ1v) is 7.79. The minimum Gasteiger partial charge on any atom is -0.394 e. The van der Waals surface area contributed by atoms with Crippen molar-refractivity contribution in [2.24, 2.45) is 5.92 Å². The second-order valence-corrected chi connectivity index (χ2v) is 8.02. The Morgan fingerprint density at radius 2 is 2.12 bits per heavy atom. The second-order valence-electron chi connectivity index (χ2n) is 4.39. The number of hydrogen-bond donors (Lipinski definition) is 2. The maximum Gasteiger partial charge on any atom is 0.250 e. The fourth-order valence-electron chi connectivity index (χ4n) is 1.13. The van der Waals surface area contributed by atoms with E-state index >= 15 is 0 Å². The summed E-state index contributed by atoms with van der Waals surface area (Å²) in [7, 11) is -3.63. The Labute approximate surface area is 111 Å². The minimum atomic E-state index is -3.63. The van der Waals surface area contributed by atoms with Gasteiger partial charge in [-0.1, -0.05) is 25.4 Å². The summed E-state index contributed by atoms with van der Waals surface area (Å²) in [6.45, 7) is 5.10. The van der Waals surface area contributed by atoms with Crippen LogP contribution in [0.4, 0.5) is 0 Å². The lowest BCUT2D eigenvalue weighted by molar-refractivity contribution is 0.155. The lowest BCUT2D eigenvalue weighted by atomic mass is 9.91. The maximum absolute atomic E-state index is 12.1. The molecule has 1 aromatic rings. The van der Waals surface area contributed by atoms with Gasteiger partial charge in [-0.15, -0.1) is 11.3 Å². The van der Waals surface area contributed by atoms with Gasteiger partial charge in [-0.2, -0.15) is 0 Å². The molecule has 1 unspecified atom stereocenters. The number of thiophene rings is 1. The lowest BCUT2D eigenvalue weighted by Crippen LogP contribution is -2.52. The molecule has 1 aromatic heterocycles. The van der Waals surface area contributed by atoms with E-state index in [9.17, 15) is 13.5 Å². The van der Waals surface area contributed by atoms with Gasteiger partial charge in [0, 0.05) is 0 Å². The molecule has 1 rings (SSSR count). The minimum absolute atomic E-state index is 0.0299. The molecule has 0 fully saturated rings. The molecule has 0 saturated heterocycles. The van der Waals surface area contributed by atoms with Crippen LogP contribution in [0.1, 0.15) is 20.8 Å². The third kappa shape index (κ3) is 3.42. The molecule has 0 aliphatic carbocycles. The first kappa shape index (κ1) is 14.9. The van der Waals surface area contributed by atoms with Crippen LogP contribution in [-0.4, -0.2) is 25.7 Å². The predicted molar refractivity (Wildman–Crippen MR) is 70.0 cm³/mol. The molecule has 4 nitrogen and oxygen atoms in total. The molecule has 0 aliphatic heterocycles. The average molecular weight is 298 g/mol. The van der Waals surface area contributed by atoms with Gasteiger partial charge in [0.05, 0.1) is 16.5 Å². The van der Waals surface area contributed by atoms with Crippen molar-refractivity contribution in [3.63, 3.8) is 0 Å². The van der Waals surface area contributed by atoms with Crippen molar-refractivity contribution in [3.8, 4) is 0 Å². The van der Waals surface area contributed by atoms with Crippen molar-refractivity contribution >= 4 is 33.0 Å². The number of aliphatic hydroxyl groups is 1. The summed E-state index contributed by atoms with van der Waals surface area (Å²) < 4.78 is 27.2. The third-order valence-electron chi connectivity index (χ3n) is 2.78. The number of hydrogen-bond acceptors (Lipinski definition) is 4. The molecule has 0 bridgehead atoms. The maximum atomic E-state index is 12.1. The summed E-state index contributed by atoms with van der Waals surface area (Å²) in [5.41, 5.74) is -0.880. The van der Waals surface area contributed by atoms with Crippen LogP contribution >= 0.6 is 22.9 Å². The summed E-state index contributed by atoms with van der Waals surface area (Å²) in [6.07, 6.45) is 0. The van der Waals surface area contributed by atoms with Gasteiger partial charge in [0.2, 0.25) is 0 Å². The largest absolute Gasteiger partial charge is 0.394 e. The Balaban J connectivity index is 3.01. The van der Waals surface area contributed by atoms with Crippen molar-refractivity contribution in [3.05, 3.63) is 16.5 Å². The predicted octanol–water partition coefficient (Wildman–Crippen LogP) is 2.09. The van der Waals surface area contributed by atoms with E-state index in [1.54, 1.807) is 6.92 Å². The van der Waals surface area contributed by atoms with Crippen LogP contribution in [0.3, 0.4) is 0 Å². The zero-order valence-corrected chi connectivity index (χ0v) is 12.3. The van der Waals surface area contributed by atoms with Gasteiger partial charge < -0.3 is 5.11 Å². The fourth-order valence-corrected chi connectivity index (χ4v) is 4.14. The van der Waals surface area contributed by atoms with E-state index in [4.69, 9.17) is 11.6 Å². The van der Waals surface area contributed by atoms with Crippen LogP contribution in [0, 0.1) is 5.92 Å². The smallest absolute Gasteiger partial charge is 0.250 e. The molecule has 1 heterocycles. The Bertz CT molecular complexity index is 483. The van der Waals surface area contributed by atoms with E-state index in [-0.39, 0.29) is 16.7 Å².